The van der Waals surface area contributed by atoms with Crippen LogP contribution in [0.1, 0.15) is 18.9 Å². The first-order valence-corrected chi connectivity index (χ1v) is 7.33. The molecular formula is C16H13BrN2O2. The summed E-state index contributed by atoms with van der Waals surface area (Å²) in [6.07, 6.45) is -0.305. The van der Waals surface area contributed by atoms with Gasteiger partial charge in [0.1, 0.15) is 5.75 Å². The lowest BCUT2D eigenvalue weighted by molar-refractivity contribution is 0.176. The van der Waals surface area contributed by atoms with Crippen molar-refractivity contribution in [3.8, 4) is 17.1 Å². The molecule has 1 heterocycles. The van der Waals surface area contributed by atoms with Crippen molar-refractivity contribution in [2.45, 2.75) is 13.0 Å². The van der Waals surface area contributed by atoms with E-state index in [4.69, 9.17) is 9.26 Å². The summed E-state index contributed by atoms with van der Waals surface area (Å²) >= 11 is 3.43. The van der Waals surface area contributed by atoms with E-state index in [1.807, 2.05) is 61.5 Å². The van der Waals surface area contributed by atoms with Gasteiger partial charge < -0.3 is 9.26 Å². The molecule has 1 aromatic heterocycles. The van der Waals surface area contributed by atoms with E-state index in [1.165, 1.54) is 0 Å². The van der Waals surface area contributed by atoms with Gasteiger partial charge in [-0.3, -0.25) is 0 Å². The highest BCUT2D eigenvalue weighted by Crippen LogP contribution is 2.24. The lowest BCUT2D eigenvalue weighted by Crippen LogP contribution is -2.03. The van der Waals surface area contributed by atoms with Gasteiger partial charge in [-0.2, -0.15) is 4.98 Å². The van der Waals surface area contributed by atoms with E-state index in [-0.39, 0.29) is 6.10 Å². The van der Waals surface area contributed by atoms with Gasteiger partial charge in [-0.25, -0.2) is 0 Å². The molecule has 5 heteroatoms. The third kappa shape index (κ3) is 3.31. The van der Waals surface area contributed by atoms with Crippen LogP contribution >= 0.6 is 15.9 Å². The van der Waals surface area contributed by atoms with Gasteiger partial charge in [0.2, 0.25) is 5.82 Å². The van der Waals surface area contributed by atoms with Crippen LogP contribution in [0, 0.1) is 0 Å². The summed E-state index contributed by atoms with van der Waals surface area (Å²) in [4.78, 5) is 4.39. The van der Waals surface area contributed by atoms with Gasteiger partial charge in [0.05, 0.1) is 0 Å². The molecule has 0 unspecified atom stereocenters. The third-order valence-corrected chi connectivity index (χ3v) is 3.42. The van der Waals surface area contributed by atoms with Crippen molar-refractivity contribution < 1.29 is 9.26 Å². The van der Waals surface area contributed by atoms with Crippen LogP contribution in [0.3, 0.4) is 0 Å². The predicted molar refractivity (Wildman–Crippen MR) is 82.9 cm³/mol. The average Bonchev–Trinajstić information content (AvgIpc) is 2.98. The van der Waals surface area contributed by atoms with Gasteiger partial charge in [0.25, 0.3) is 5.89 Å². The molecule has 1 atom stereocenters. The number of hydrogen-bond acceptors (Lipinski definition) is 4. The molecule has 106 valence electrons. The zero-order valence-electron chi connectivity index (χ0n) is 11.4. The van der Waals surface area contributed by atoms with Crippen molar-refractivity contribution in [3.63, 3.8) is 0 Å². The Balaban J connectivity index is 1.78. The summed E-state index contributed by atoms with van der Waals surface area (Å²) < 4.78 is 12.0. The minimum Gasteiger partial charge on any atom is -0.481 e. The van der Waals surface area contributed by atoms with Crippen LogP contribution < -0.4 is 4.74 Å². The van der Waals surface area contributed by atoms with Crippen molar-refractivity contribution in [2.24, 2.45) is 0 Å². The number of halogens is 1. The molecule has 3 rings (SSSR count). The predicted octanol–water partition coefficient (Wildman–Crippen LogP) is 4.64. The maximum atomic E-state index is 5.77. The number of rotatable bonds is 4. The number of ether oxygens (including phenoxy) is 1. The fourth-order valence-corrected chi connectivity index (χ4v) is 2.30. The van der Waals surface area contributed by atoms with Gasteiger partial charge in [0.15, 0.2) is 6.10 Å². The quantitative estimate of drug-likeness (QED) is 0.691. The zero-order chi connectivity index (χ0) is 14.7. The molecule has 0 N–H and O–H groups in total. The van der Waals surface area contributed by atoms with Crippen LogP contribution in [0.25, 0.3) is 11.4 Å². The number of benzene rings is 2. The Morgan fingerprint density at radius 3 is 2.67 bits per heavy atom. The smallest absolute Gasteiger partial charge is 0.267 e. The number of hydrogen-bond donors (Lipinski definition) is 0. The highest BCUT2D eigenvalue weighted by Gasteiger charge is 2.16. The monoisotopic (exact) mass is 344 g/mol. The van der Waals surface area contributed by atoms with Crippen LogP contribution in [0.4, 0.5) is 0 Å². The third-order valence-electron chi connectivity index (χ3n) is 2.93. The Hall–Kier alpha value is -2.14. The summed E-state index contributed by atoms with van der Waals surface area (Å²) in [7, 11) is 0. The SMILES string of the molecule is C[C@H](Oc1ccccc1)c1nc(-c2cccc(Br)c2)no1. The molecule has 0 amide bonds. The second kappa shape index (κ2) is 6.10. The van der Waals surface area contributed by atoms with E-state index >= 15 is 0 Å². The molecule has 0 aliphatic rings. The van der Waals surface area contributed by atoms with Crippen LogP contribution in [0.5, 0.6) is 5.75 Å². The van der Waals surface area contributed by atoms with E-state index < -0.39 is 0 Å². The lowest BCUT2D eigenvalue weighted by Gasteiger charge is -2.09. The van der Waals surface area contributed by atoms with Gasteiger partial charge in [-0.15, -0.1) is 0 Å². The first-order valence-electron chi connectivity index (χ1n) is 6.53. The topological polar surface area (TPSA) is 48.2 Å². The summed E-state index contributed by atoms with van der Waals surface area (Å²) in [6.45, 7) is 1.88. The van der Waals surface area contributed by atoms with Gasteiger partial charge in [0, 0.05) is 10.0 Å². The van der Waals surface area contributed by atoms with Crippen LogP contribution in [-0.4, -0.2) is 10.1 Å². The highest BCUT2D eigenvalue weighted by molar-refractivity contribution is 9.10. The molecule has 0 saturated carbocycles. The average molecular weight is 345 g/mol. The Labute approximate surface area is 130 Å². The molecular weight excluding hydrogens is 332 g/mol. The van der Waals surface area contributed by atoms with Crippen molar-refractivity contribution >= 4 is 15.9 Å². The summed E-state index contributed by atoms with van der Waals surface area (Å²) in [6, 6.07) is 17.3. The van der Waals surface area contributed by atoms with E-state index in [9.17, 15) is 0 Å². The van der Waals surface area contributed by atoms with Crippen LogP contribution in [-0.2, 0) is 0 Å². The largest absolute Gasteiger partial charge is 0.481 e. The first-order chi connectivity index (χ1) is 10.2. The lowest BCUT2D eigenvalue weighted by atomic mass is 10.2. The van der Waals surface area contributed by atoms with Crippen LogP contribution in [0.15, 0.2) is 63.6 Å². The molecule has 21 heavy (non-hydrogen) atoms. The minimum absolute atomic E-state index is 0.305. The van der Waals surface area contributed by atoms with E-state index in [2.05, 4.69) is 26.1 Å². The number of aromatic nitrogens is 2. The van der Waals surface area contributed by atoms with Crippen LogP contribution in [0.2, 0.25) is 0 Å². The normalized spacial score (nSPS) is 12.1. The molecule has 0 spiro atoms. The molecule has 3 aromatic rings. The van der Waals surface area contributed by atoms with Crippen molar-refractivity contribution in [1.29, 1.82) is 0 Å². The Morgan fingerprint density at radius 1 is 1.10 bits per heavy atom. The minimum atomic E-state index is -0.305. The summed E-state index contributed by atoms with van der Waals surface area (Å²) in [5, 5.41) is 4.00. The van der Waals surface area contributed by atoms with Crippen molar-refractivity contribution in [1.82, 2.24) is 10.1 Å². The fourth-order valence-electron chi connectivity index (χ4n) is 1.90. The van der Waals surface area contributed by atoms with Gasteiger partial charge >= 0.3 is 0 Å². The Kier molecular flexibility index (Phi) is 4.01. The van der Waals surface area contributed by atoms with Gasteiger partial charge in [-0.1, -0.05) is 51.4 Å². The maximum Gasteiger partial charge on any atom is 0.267 e. The molecule has 0 aliphatic heterocycles. The summed E-state index contributed by atoms with van der Waals surface area (Å²) in [5.74, 6) is 1.77. The van der Waals surface area contributed by atoms with Gasteiger partial charge in [-0.05, 0) is 31.2 Å². The summed E-state index contributed by atoms with van der Waals surface area (Å²) in [5.41, 5.74) is 0.895. The molecule has 2 aromatic carbocycles. The zero-order valence-corrected chi connectivity index (χ0v) is 12.9. The fraction of sp³-hybridized carbons (Fsp3) is 0.125. The van der Waals surface area contributed by atoms with E-state index in [1.54, 1.807) is 0 Å². The highest BCUT2D eigenvalue weighted by atomic mass is 79.9. The first kappa shape index (κ1) is 13.8. The number of para-hydroxylation sites is 1. The molecule has 4 nitrogen and oxygen atoms in total. The maximum absolute atomic E-state index is 5.77. The molecule has 0 saturated heterocycles. The Morgan fingerprint density at radius 2 is 1.90 bits per heavy atom. The van der Waals surface area contributed by atoms with Crippen molar-refractivity contribution in [3.05, 3.63) is 65.0 Å². The number of nitrogens with zero attached hydrogens (tertiary/aromatic N) is 2. The van der Waals surface area contributed by atoms with E-state index in [0.717, 1.165) is 15.8 Å². The molecule has 0 aliphatic carbocycles. The Bertz CT molecular complexity index is 728. The molecule has 0 fully saturated rings. The second-order valence-electron chi connectivity index (χ2n) is 4.54. The van der Waals surface area contributed by atoms with E-state index in [0.29, 0.717) is 11.7 Å². The molecule has 0 radical (unpaired) electrons. The van der Waals surface area contributed by atoms with Crippen molar-refractivity contribution in [2.75, 3.05) is 0 Å². The molecule has 0 bridgehead atoms. The standard InChI is InChI=1S/C16H13BrN2O2/c1-11(20-14-8-3-2-4-9-14)16-18-15(19-21-16)12-6-5-7-13(17)10-12/h2-11H,1H3/t11-/m0/s1. The second-order valence-corrected chi connectivity index (χ2v) is 5.46.